The number of benzene rings is 2. The number of nitrogens with one attached hydrogen (secondary N) is 1. The maximum absolute atomic E-state index is 12.4. The largest absolute Gasteiger partial charge is 0.545 e. The molecule has 0 spiro atoms. The second-order valence-electron chi connectivity index (χ2n) is 5.47. The fourth-order valence-electron chi connectivity index (χ4n) is 2.46. The molecule has 2 aromatic carbocycles. The summed E-state index contributed by atoms with van der Waals surface area (Å²) in [6.45, 7) is 1.89. The van der Waals surface area contributed by atoms with E-state index in [1.165, 1.54) is 11.3 Å². The van der Waals surface area contributed by atoms with Crippen LogP contribution in [-0.2, 0) is 0 Å². The van der Waals surface area contributed by atoms with Crippen LogP contribution < -0.4 is 10.4 Å². The standard InChI is InChI=1S/C19H14BrNO3S/c1-11-3-2-4-13(9-11)17(22)21-18-16(19(23)24)15(10-25-18)12-5-7-14(20)8-6-12/h2-10H,1H3,(H,21,22)(H,23,24)/p-1. The van der Waals surface area contributed by atoms with Gasteiger partial charge in [0.2, 0.25) is 0 Å². The van der Waals surface area contributed by atoms with Gasteiger partial charge >= 0.3 is 0 Å². The Balaban J connectivity index is 1.96. The van der Waals surface area contributed by atoms with Crippen LogP contribution in [0.2, 0.25) is 0 Å². The van der Waals surface area contributed by atoms with Crippen molar-refractivity contribution in [1.29, 1.82) is 0 Å². The van der Waals surface area contributed by atoms with Gasteiger partial charge in [-0.3, -0.25) is 4.79 Å². The summed E-state index contributed by atoms with van der Waals surface area (Å²) in [5.41, 5.74) is 2.69. The maximum atomic E-state index is 12.4. The van der Waals surface area contributed by atoms with Crippen molar-refractivity contribution < 1.29 is 14.7 Å². The van der Waals surface area contributed by atoms with E-state index in [1.807, 2.05) is 37.3 Å². The lowest BCUT2D eigenvalue weighted by Crippen LogP contribution is -2.24. The number of halogens is 1. The second kappa shape index (κ2) is 7.21. The van der Waals surface area contributed by atoms with Crippen molar-refractivity contribution >= 4 is 44.1 Å². The third-order valence-electron chi connectivity index (χ3n) is 3.66. The number of aromatic carboxylic acids is 1. The van der Waals surface area contributed by atoms with E-state index in [4.69, 9.17) is 0 Å². The molecule has 25 heavy (non-hydrogen) atoms. The van der Waals surface area contributed by atoms with Crippen molar-refractivity contribution in [2.24, 2.45) is 0 Å². The lowest BCUT2D eigenvalue weighted by Gasteiger charge is -2.10. The molecule has 1 heterocycles. The lowest BCUT2D eigenvalue weighted by atomic mass is 10.0. The van der Waals surface area contributed by atoms with E-state index in [-0.39, 0.29) is 16.5 Å². The molecule has 0 aliphatic heterocycles. The number of hydrogen-bond donors (Lipinski definition) is 1. The van der Waals surface area contributed by atoms with E-state index in [2.05, 4.69) is 21.2 Å². The zero-order valence-corrected chi connectivity index (χ0v) is 15.6. The number of aryl methyl sites for hydroxylation is 1. The maximum Gasteiger partial charge on any atom is 0.256 e. The summed E-state index contributed by atoms with van der Waals surface area (Å²) in [5, 5.41) is 16.3. The van der Waals surface area contributed by atoms with Crippen LogP contribution in [0.5, 0.6) is 0 Å². The summed E-state index contributed by atoms with van der Waals surface area (Å²) in [6.07, 6.45) is 0. The molecule has 0 aliphatic carbocycles. The second-order valence-corrected chi connectivity index (χ2v) is 7.27. The molecule has 0 unspecified atom stereocenters. The van der Waals surface area contributed by atoms with Crippen molar-refractivity contribution in [3.05, 3.63) is 75.1 Å². The molecule has 126 valence electrons. The van der Waals surface area contributed by atoms with Crippen LogP contribution in [0.3, 0.4) is 0 Å². The number of carbonyl (C=O) groups is 2. The molecule has 0 atom stereocenters. The summed E-state index contributed by atoms with van der Waals surface area (Å²) < 4.78 is 0.898. The first-order chi connectivity index (χ1) is 12.0. The number of rotatable bonds is 4. The fourth-order valence-corrected chi connectivity index (χ4v) is 3.67. The zero-order chi connectivity index (χ0) is 18.0. The van der Waals surface area contributed by atoms with Gasteiger partial charge in [-0.1, -0.05) is 45.8 Å². The van der Waals surface area contributed by atoms with Crippen LogP contribution in [0.4, 0.5) is 5.00 Å². The van der Waals surface area contributed by atoms with E-state index in [9.17, 15) is 14.7 Å². The van der Waals surface area contributed by atoms with Crippen LogP contribution in [0.15, 0.2) is 58.4 Å². The van der Waals surface area contributed by atoms with Crippen molar-refractivity contribution in [2.75, 3.05) is 5.32 Å². The minimum Gasteiger partial charge on any atom is -0.545 e. The summed E-state index contributed by atoms with van der Waals surface area (Å²) in [4.78, 5) is 24.1. The average molecular weight is 415 g/mol. The highest BCUT2D eigenvalue weighted by atomic mass is 79.9. The minimum absolute atomic E-state index is 0.00618. The third-order valence-corrected chi connectivity index (χ3v) is 5.08. The van der Waals surface area contributed by atoms with Gasteiger partial charge in [0.15, 0.2) is 0 Å². The molecule has 0 saturated carbocycles. The highest BCUT2D eigenvalue weighted by Crippen LogP contribution is 2.36. The van der Waals surface area contributed by atoms with Gasteiger partial charge < -0.3 is 15.2 Å². The lowest BCUT2D eigenvalue weighted by molar-refractivity contribution is -0.254. The molecule has 0 fully saturated rings. The molecule has 1 N–H and O–H groups in total. The smallest absolute Gasteiger partial charge is 0.256 e. The van der Waals surface area contributed by atoms with Gasteiger partial charge in [-0.25, -0.2) is 0 Å². The van der Waals surface area contributed by atoms with Crippen LogP contribution in [-0.4, -0.2) is 11.9 Å². The van der Waals surface area contributed by atoms with Gasteiger partial charge in [0.25, 0.3) is 5.91 Å². The molecule has 6 heteroatoms. The van der Waals surface area contributed by atoms with Crippen LogP contribution in [0.25, 0.3) is 11.1 Å². The molecule has 1 aromatic heterocycles. The molecular weight excluding hydrogens is 402 g/mol. The number of amides is 1. The predicted molar refractivity (Wildman–Crippen MR) is 101 cm³/mol. The molecule has 0 aliphatic rings. The van der Waals surface area contributed by atoms with Crippen molar-refractivity contribution in [1.82, 2.24) is 0 Å². The van der Waals surface area contributed by atoms with Gasteiger partial charge in [0, 0.05) is 26.5 Å². The molecule has 1 amide bonds. The molecular formula is C19H13BrNO3S-. The Bertz CT molecular complexity index is 948. The number of carboxylic acid groups (broad SMARTS) is 1. The number of anilines is 1. The number of carboxylic acids is 1. The van der Waals surface area contributed by atoms with Crippen molar-refractivity contribution in [3.8, 4) is 11.1 Å². The highest BCUT2D eigenvalue weighted by molar-refractivity contribution is 9.10. The van der Waals surface area contributed by atoms with E-state index in [1.54, 1.807) is 23.6 Å². The molecule has 0 saturated heterocycles. The van der Waals surface area contributed by atoms with Gasteiger partial charge in [0.1, 0.15) is 5.00 Å². The first kappa shape index (κ1) is 17.4. The van der Waals surface area contributed by atoms with Gasteiger partial charge in [-0.05, 0) is 36.8 Å². The van der Waals surface area contributed by atoms with E-state index in [0.717, 1.165) is 15.6 Å². The molecule has 4 nitrogen and oxygen atoms in total. The monoisotopic (exact) mass is 414 g/mol. The fraction of sp³-hybridized carbons (Fsp3) is 0.0526. The van der Waals surface area contributed by atoms with E-state index >= 15 is 0 Å². The quantitative estimate of drug-likeness (QED) is 0.698. The number of hydrogen-bond acceptors (Lipinski definition) is 4. The SMILES string of the molecule is Cc1cccc(C(=O)Nc2scc(-c3ccc(Br)cc3)c2C(=O)[O-])c1. The Kier molecular flexibility index (Phi) is 5.01. The van der Waals surface area contributed by atoms with Crippen LogP contribution in [0, 0.1) is 6.92 Å². The van der Waals surface area contributed by atoms with Crippen molar-refractivity contribution in [2.45, 2.75) is 6.92 Å². The van der Waals surface area contributed by atoms with Gasteiger partial charge in [-0.15, -0.1) is 11.3 Å². The zero-order valence-electron chi connectivity index (χ0n) is 13.2. The van der Waals surface area contributed by atoms with Crippen LogP contribution >= 0.6 is 27.3 Å². The van der Waals surface area contributed by atoms with E-state index in [0.29, 0.717) is 11.1 Å². The van der Waals surface area contributed by atoms with Gasteiger partial charge in [-0.2, -0.15) is 0 Å². The summed E-state index contributed by atoms with van der Waals surface area (Å²) in [6, 6.07) is 14.4. The van der Waals surface area contributed by atoms with Gasteiger partial charge in [0.05, 0.1) is 5.97 Å². The minimum atomic E-state index is -1.32. The molecule has 0 bridgehead atoms. The molecule has 3 rings (SSSR count). The van der Waals surface area contributed by atoms with Crippen molar-refractivity contribution in [3.63, 3.8) is 0 Å². The first-order valence-corrected chi connectivity index (χ1v) is 9.10. The Hall–Kier alpha value is -2.44. The molecule has 0 radical (unpaired) electrons. The third kappa shape index (κ3) is 3.81. The van der Waals surface area contributed by atoms with Crippen LogP contribution in [0.1, 0.15) is 26.3 Å². The summed E-state index contributed by atoms with van der Waals surface area (Å²) in [5.74, 6) is -1.67. The topological polar surface area (TPSA) is 69.2 Å². The Labute approximate surface area is 157 Å². The Morgan fingerprint density at radius 1 is 1.12 bits per heavy atom. The first-order valence-electron chi connectivity index (χ1n) is 7.42. The molecule has 3 aromatic rings. The predicted octanol–water partition coefficient (Wildman–Crippen LogP) is 4.10. The highest BCUT2D eigenvalue weighted by Gasteiger charge is 2.17. The summed E-state index contributed by atoms with van der Waals surface area (Å²) in [7, 11) is 0. The number of thiophene rings is 1. The average Bonchev–Trinajstić information content (AvgIpc) is 2.99. The Morgan fingerprint density at radius 3 is 2.48 bits per heavy atom. The summed E-state index contributed by atoms with van der Waals surface area (Å²) >= 11 is 4.52. The Morgan fingerprint density at radius 2 is 1.84 bits per heavy atom. The number of carbonyl (C=O) groups excluding carboxylic acids is 2. The normalized spacial score (nSPS) is 10.5. The van der Waals surface area contributed by atoms with E-state index < -0.39 is 5.97 Å².